The molecular weight excluding hydrogens is 218 g/mol. The molecule has 1 unspecified atom stereocenters. The van der Waals surface area contributed by atoms with Crippen molar-refractivity contribution in [2.45, 2.75) is 26.0 Å². The molecule has 1 aromatic rings. The van der Waals surface area contributed by atoms with Crippen LogP contribution in [0.2, 0.25) is 0 Å². The van der Waals surface area contributed by atoms with E-state index in [4.69, 9.17) is 0 Å². The van der Waals surface area contributed by atoms with Gasteiger partial charge < -0.3 is 19.9 Å². The fraction of sp³-hybridized carbons (Fsp3) is 0.818. The van der Waals surface area contributed by atoms with Crippen molar-refractivity contribution in [1.82, 2.24) is 25.0 Å². The maximum Gasteiger partial charge on any atom is 0.146 e. The number of hydrogen-bond acceptors (Lipinski definition) is 5. The Morgan fingerprint density at radius 3 is 2.53 bits per heavy atom. The zero-order chi connectivity index (χ0) is 13.1. The van der Waals surface area contributed by atoms with Gasteiger partial charge in [-0.1, -0.05) is 0 Å². The Hall–Kier alpha value is -0.980. The summed E-state index contributed by atoms with van der Waals surface area (Å²) in [5.74, 6) is 1.77. The summed E-state index contributed by atoms with van der Waals surface area (Å²) in [4.78, 5) is 1.97. The third kappa shape index (κ3) is 4.41. The topological polar surface area (TPSA) is 66.2 Å². The van der Waals surface area contributed by atoms with Crippen molar-refractivity contribution in [1.29, 1.82) is 0 Å². The van der Waals surface area contributed by atoms with Crippen molar-refractivity contribution in [2.75, 3.05) is 27.2 Å². The van der Waals surface area contributed by atoms with E-state index < -0.39 is 5.60 Å². The minimum Gasteiger partial charge on any atom is -0.388 e. The molecular formula is C11H23N5O. The minimum absolute atomic E-state index is 0.525. The highest BCUT2D eigenvalue weighted by molar-refractivity contribution is 4.92. The second-order valence-electron chi connectivity index (χ2n) is 5.06. The average Bonchev–Trinajstić information content (AvgIpc) is 2.47. The van der Waals surface area contributed by atoms with Crippen LogP contribution in [0.4, 0.5) is 0 Å². The van der Waals surface area contributed by atoms with Crippen molar-refractivity contribution in [3.05, 3.63) is 11.6 Å². The molecule has 0 radical (unpaired) electrons. The molecule has 0 fully saturated rings. The second-order valence-corrected chi connectivity index (χ2v) is 5.06. The molecule has 6 heteroatoms. The highest BCUT2D eigenvalue weighted by Gasteiger charge is 2.20. The molecule has 1 heterocycles. The predicted molar refractivity (Wildman–Crippen MR) is 66.6 cm³/mol. The Labute approximate surface area is 103 Å². The number of aryl methyl sites for hydroxylation is 1. The fourth-order valence-electron chi connectivity index (χ4n) is 1.79. The first-order valence-electron chi connectivity index (χ1n) is 5.74. The van der Waals surface area contributed by atoms with Gasteiger partial charge in [-0.3, -0.25) is 0 Å². The molecule has 0 spiro atoms. The number of nitrogens with zero attached hydrogens (tertiary/aromatic N) is 4. The van der Waals surface area contributed by atoms with Crippen LogP contribution in [-0.2, 0) is 13.6 Å². The number of likely N-dealkylation sites (N-methyl/N-ethyl adjacent to an activating group) is 1. The summed E-state index contributed by atoms with van der Waals surface area (Å²) >= 11 is 0. The van der Waals surface area contributed by atoms with Crippen molar-refractivity contribution >= 4 is 0 Å². The zero-order valence-corrected chi connectivity index (χ0v) is 11.4. The van der Waals surface area contributed by atoms with E-state index in [9.17, 15) is 5.11 Å². The van der Waals surface area contributed by atoms with E-state index in [-0.39, 0.29) is 0 Å². The predicted octanol–water partition coefficient (Wildman–Crippen LogP) is -0.474. The summed E-state index contributed by atoms with van der Waals surface area (Å²) in [5, 5.41) is 21.3. The Morgan fingerprint density at radius 1 is 1.41 bits per heavy atom. The lowest BCUT2D eigenvalue weighted by Gasteiger charge is -2.27. The van der Waals surface area contributed by atoms with Gasteiger partial charge in [-0.25, -0.2) is 0 Å². The zero-order valence-electron chi connectivity index (χ0n) is 11.4. The summed E-state index contributed by atoms with van der Waals surface area (Å²) in [6, 6.07) is 0. The third-order valence-electron chi connectivity index (χ3n) is 2.63. The number of aromatic nitrogens is 3. The summed E-state index contributed by atoms with van der Waals surface area (Å²) in [6.07, 6.45) is 0. The lowest BCUT2D eigenvalue weighted by molar-refractivity contribution is 0.0334. The molecule has 0 amide bonds. The van der Waals surface area contributed by atoms with Crippen LogP contribution in [0, 0.1) is 6.92 Å². The Bertz CT molecular complexity index is 359. The molecule has 0 aliphatic carbocycles. The Morgan fingerprint density at radius 2 is 2.06 bits per heavy atom. The molecule has 0 saturated carbocycles. The summed E-state index contributed by atoms with van der Waals surface area (Å²) < 4.78 is 1.94. The minimum atomic E-state index is -0.739. The van der Waals surface area contributed by atoms with Crippen molar-refractivity contribution in [3.8, 4) is 0 Å². The number of hydrogen-bond donors (Lipinski definition) is 2. The van der Waals surface area contributed by atoms with Crippen LogP contribution in [0.25, 0.3) is 0 Å². The van der Waals surface area contributed by atoms with Crippen LogP contribution in [0.1, 0.15) is 18.6 Å². The van der Waals surface area contributed by atoms with Crippen LogP contribution in [0.15, 0.2) is 0 Å². The Kier molecular flexibility index (Phi) is 4.62. The van der Waals surface area contributed by atoms with E-state index in [2.05, 4.69) is 15.5 Å². The third-order valence-corrected chi connectivity index (χ3v) is 2.63. The van der Waals surface area contributed by atoms with Crippen LogP contribution in [0.3, 0.4) is 0 Å². The monoisotopic (exact) mass is 241 g/mol. The van der Waals surface area contributed by atoms with E-state index in [0.717, 1.165) is 11.6 Å². The molecule has 1 aromatic heterocycles. The van der Waals surface area contributed by atoms with Gasteiger partial charge in [0.2, 0.25) is 0 Å². The van der Waals surface area contributed by atoms with Gasteiger partial charge in [0.1, 0.15) is 11.6 Å². The molecule has 0 aliphatic rings. The van der Waals surface area contributed by atoms with Crippen molar-refractivity contribution in [3.63, 3.8) is 0 Å². The Balaban J connectivity index is 2.40. The van der Waals surface area contributed by atoms with Gasteiger partial charge in [0.15, 0.2) is 0 Å². The molecule has 2 N–H and O–H groups in total. The van der Waals surface area contributed by atoms with E-state index in [1.54, 1.807) is 0 Å². The first kappa shape index (κ1) is 14.1. The van der Waals surface area contributed by atoms with Gasteiger partial charge in [0.25, 0.3) is 0 Å². The van der Waals surface area contributed by atoms with Crippen LogP contribution >= 0.6 is 0 Å². The average molecular weight is 241 g/mol. The molecule has 1 rings (SSSR count). The number of nitrogens with one attached hydrogen (secondary N) is 1. The highest BCUT2D eigenvalue weighted by Crippen LogP contribution is 2.03. The second kappa shape index (κ2) is 5.57. The molecule has 1 atom stereocenters. The van der Waals surface area contributed by atoms with Gasteiger partial charge in [-0.05, 0) is 27.9 Å². The van der Waals surface area contributed by atoms with E-state index in [1.807, 2.05) is 44.5 Å². The first-order chi connectivity index (χ1) is 7.82. The maximum absolute atomic E-state index is 10.1. The lowest BCUT2D eigenvalue weighted by atomic mass is 10.1. The van der Waals surface area contributed by atoms with Gasteiger partial charge in [-0.15, -0.1) is 10.2 Å². The highest BCUT2D eigenvalue weighted by atomic mass is 16.3. The summed E-state index contributed by atoms with van der Waals surface area (Å²) in [6.45, 7) is 5.50. The van der Waals surface area contributed by atoms with Gasteiger partial charge >= 0.3 is 0 Å². The molecule has 0 aromatic carbocycles. The molecule has 0 bridgehead atoms. The van der Waals surface area contributed by atoms with E-state index in [1.165, 1.54) is 0 Å². The van der Waals surface area contributed by atoms with Gasteiger partial charge in [0, 0.05) is 20.1 Å². The molecule has 98 valence electrons. The maximum atomic E-state index is 10.1. The molecule has 6 nitrogen and oxygen atoms in total. The van der Waals surface area contributed by atoms with Crippen molar-refractivity contribution in [2.24, 2.45) is 7.05 Å². The van der Waals surface area contributed by atoms with Gasteiger partial charge in [0.05, 0.1) is 12.1 Å². The standard InChI is InChI=1S/C11H23N5O/c1-9-13-14-10(16(9)5)6-12-7-11(2,17)8-15(3)4/h12,17H,6-8H2,1-5H3. The SMILES string of the molecule is Cc1nnc(CNCC(C)(O)CN(C)C)n1C. The first-order valence-corrected chi connectivity index (χ1v) is 5.74. The van der Waals surface area contributed by atoms with E-state index >= 15 is 0 Å². The van der Waals surface area contributed by atoms with Crippen molar-refractivity contribution < 1.29 is 5.11 Å². The fourth-order valence-corrected chi connectivity index (χ4v) is 1.79. The summed E-state index contributed by atoms with van der Waals surface area (Å²) in [5.41, 5.74) is -0.739. The molecule has 0 saturated heterocycles. The lowest BCUT2D eigenvalue weighted by Crippen LogP contribution is -2.45. The van der Waals surface area contributed by atoms with E-state index in [0.29, 0.717) is 19.6 Å². The summed E-state index contributed by atoms with van der Waals surface area (Å²) in [7, 11) is 5.82. The van der Waals surface area contributed by atoms with Crippen LogP contribution < -0.4 is 5.32 Å². The smallest absolute Gasteiger partial charge is 0.146 e. The molecule has 0 aliphatic heterocycles. The van der Waals surface area contributed by atoms with Gasteiger partial charge in [-0.2, -0.15) is 0 Å². The van der Waals surface area contributed by atoms with Crippen LogP contribution in [0.5, 0.6) is 0 Å². The normalized spacial score (nSPS) is 15.2. The molecule has 17 heavy (non-hydrogen) atoms. The number of rotatable bonds is 6. The largest absolute Gasteiger partial charge is 0.388 e. The quantitative estimate of drug-likeness (QED) is 0.704. The number of aliphatic hydroxyl groups is 1. The van der Waals surface area contributed by atoms with Crippen LogP contribution in [-0.4, -0.2) is 57.6 Å².